The lowest BCUT2D eigenvalue weighted by Crippen LogP contribution is -2.34. The third kappa shape index (κ3) is 56.6. The van der Waals surface area contributed by atoms with E-state index >= 15 is 0 Å². The molecule has 0 aliphatic carbocycles. The van der Waals surface area contributed by atoms with Crippen molar-refractivity contribution in [1.29, 1.82) is 0 Å². The summed E-state index contributed by atoms with van der Waals surface area (Å²) in [6.07, 6.45) is 45.1. The number of hydrogen-bond donors (Lipinski definition) is 0. The molecule has 0 aromatic carbocycles. The molecule has 0 saturated carbocycles. The van der Waals surface area contributed by atoms with E-state index in [-0.39, 0.29) is 76.0 Å². The van der Waals surface area contributed by atoms with Crippen molar-refractivity contribution in [3.63, 3.8) is 0 Å². The van der Waals surface area contributed by atoms with Gasteiger partial charge in [0.25, 0.3) is 0 Å². The standard InChI is InChI=1S/C79H131N3O8/c1-64(2)28-18-32-68(9)36-22-40-72(13)48-60-87-76(83)44-56-81(57-45-77(84)88-61-49-73(14)41-23-37-69(10)33-19-29-65(3)4)54-26-52-80(17)53-27-55-82(58-46-78(85)89-62-50-74(15)42-24-38-70(11)34-20-30-66(5)6)59-47-79(86)90-63-51-75(16)43-25-39-71(12)35-21-31-67(7)8/h28-31,36-39,48-51H,18-27,32-35,40-47,52-63H2,1-17H3/b68-36+,69-37+,70-38+,71-39+,72-48+,73-49+,74-50+,75-51+. The van der Waals surface area contributed by atoms with Gasteiger partial charge in [-0.05, 0) is 284 Å². The fourth-order valence-electron chi connectivity index (χ4n) is 9.66. The zero-order chi connectivity index (χ0) is 67.3. The molecular weight excluding hydrogens is 1120 g/mol. The van der Waals surface area contributed by atoms with Gasteiger partial charge in [0.05, 0.1) is 25.7 Å². The molecule has 0 bridgehead atoms. The zero-order valence-corrected chi connectivity index (χ0v) is 60.6. The highest BCUT2D eigenvalue weighted by Gasteiger charge is 2.15. The van der Waals surface area contributed by atoms with E-state index in [9.17, 15) is 19.2 Å². The lowest BCUT2D eigenvalue weighted by atomic mass is 10.1. The maximum absolute atomic E-state index is 13.1. The molecule has 0 aliphatic heterocycles. The quantitative estimate of drug-likeness (QED) is 0.0329. The Hall–Kier alpha value is -5.36. The van der Waals surface area contributed by atoms with Gasteiger partial charge in [0.2, 0.25) is 0 Å². The summed E-state index contributed by atoms with van der Waals surface area (Å²) in [7, 11) is 2.10. The van der Waals surface area contributed by atoms with Crippen molar-refractivity contribution in [3.05, 3.63) is 140 Å². The smallest absolute Gasteiger partial charge is 0.307 e. The molecule has 0 heterocycles. The molecule has 11 nitrogen and oxygen atoms in total. The van der Waals surface area contributed by atoms with Crippen LogP contribution in [0.1, 0.15) is 252 Å². The van der Waals surface area contributed by atoms with Crippen LogP contribution in [0.2, 0.25) is 0 Å². The molecule has 0 amide bonds. The molecule has 0 fully saturated rings. The summed E-state index contributed by atoms with van der Waals surface area (Å²) >= 11 is 0. The highest BCUT2D eigenvalue weighted by Crippen LogP contribution is 2.16. The van der Waals surface area contributed by atoms with E-state index in [1.165, 1.54) is 66.9 Å². The first kappa shape index (κ1) is 84.6. The number of esters is 4. The molecule has 0 N–H and O–H groups in total. The fourth-order valence-corrected chi connectivity index (χ4v) is 9.66. The molecule has 510 valence electrons. The van der Waals surface area contributed by atoms with E-state index in [1.807, 2.05) is 24.3 Å². The minimum absolute atomic E-state index is 0.226. The number of ether oxygens (including phenoxy) is 4. The molecule has 0 spiro atoms. The Kier molecular flexibility index (Phi) is 52.0. The van der Waals surface area contributed by atoms with Crippen molar-refractivity contribution in [2.24, 2.45) is 0 Å². The first-order valence-electron chi connectivity index (χ1n) is 34.4. The molecule has 11 heteroatoms. The molecule has 0 aromatic heterocycles. The number of rotatable bonds is 52. The van der Waals surface area contributed by atoms with Gasteiger partial charge in [-0.2, -0.15) is 0 Å². The van der Waals surface area contributed by atoms with Crippen molar-refractivity contribution in [2.45, 2.75) is 252 Å². The molecular formula is C79H131N3O8. The van der Waals surface area contributed by atoms with Crippen LogP contribution in [0.25, 0.3) is 0 Å². The lowest BCUT2D eigenvalue weighted by Gasteiger charge is -2.25. The average Bonchev–Trinajstić information content (AvgIpc) is 3.54. The Labute approximate surface area is 551 Å². The van der Waals surface area contributed by atoms with Crippen LogP contribution in [-0.4, -0.2) is 124 Å². The van der Waals surface area contributed by atoms with E-state index in [2.05, 4.69) is 181 Å². The highest BCUT2D eigenvalue weighted by molar-refractivity contribution is 5.71. The monoisotopic (exact) mass is 1250 g/mol. The lowest BCUT2D eigenvalue weighted by molar-refractivity contribution is -0.144. The van der Waals surface area contributed by atoms with Gasteiger partial charge < -0.3 is 33.6 Å². The third-order valence-corrected chi connectivity index (χ3v) is 15.8. The Morgan fingerprint density at radius 2 is 0.433 bits per heavy atom. The molecule has 0 saturated heterocycles. The van der Waals surface area contributed by atoms with Crippen molar-refractivity contribution < 1.29 is 38.1 Å². The second-order valence-electron chi connectivity index (χ2n) is 26.3. The van der Waals surface area contributed by atoms with Gasteiger partial charge in [0.15, 0.2) is 0 Å². The number of carbonyl (C=O) groups excluding carboxylic acids is 4. The summed E-state index contributed by atoms with van der Waals surface area (Å²) in [4.78, 5) is 58.9. The van der Waals surface area contributed by atoms with E-state index in [4.69, 9.17) is 18.9 Å². The Morgan fingerprint density at radius 3 is 0.633 bits per heavy atom. The summed E-state index contributed by atoms with van der Waals surface area (Å²) in [6.45, 7) is 40.1. The second-order valence-corrected chi connectivity index (χ2v) is 26.3. The van der Waals surface area contributed by atoms with Crippen molar-refractivity contribution in [2.75, 3.05) is 85.8 Å². The van der Waals surface area contributed by atoms with E-state index in [0.29, 0.717) is 39.3 Å². The minimum Gasteiger partial charge on any atom is -0.461 e. The Balaban J connectivity index is 5.75. The maximum Gasteiger partial charge on any atom is 0.307 e. The van der Waals surface area contributed by atoms with Crippen LogP contribution in [0.3, 0.4) is 0 Å². The van der Waals surface area contributed by atoms with Gasteiger partial charge in [0.1, 0.15) is 26.4 Å². The molecule has 0 aliphatic rings. The molecule has 0 atom stereocenters. The average molecular weight is 1250 g/mol. The van der Waals surface area contributed by atoms with Gasteiger partial charge in [-0.1, -0.05) is 115 Å². The van der Waals surface area contributed by atoms with Crippen molar-refractivity contribution in [3.8, 4) is 0 Å². The number of carbonyl (C=O) groups is 4. The number of nitrogens with zero attached hydrogens (tertiary/aromatic N) is 3. The molecule has 90 heavy (non-hydrogen) atoms. The minimum atomic E-state index is -0.256. The predicted molar refractivity (Wildman–Crippen MR) is 384 cm³/mol. The summed E-state index contributed by atoms with van der Waals surface area (Å²) in [5, 5.41) is 0. The summed E-state index contributed by atoms with van der Waals surface area (Å²) < 4.78 is 22.7. The Morgan fingerprint density at radius 1 is 0.244 bits per heavy atom. The number of allylic oxidation sites excluding steroid dienone is 20. The van der Waals surface area contributed by atoms with Crippen LogP contribution in [0.15, 0.2) is 140 Å². The topological polar surface area (TPSA) is 115 Å². The van der Waals surface area contributed by atoms with Gasteiger partial charge in [-0.15, -0.1) is 0 Å². The van der Waals surface area contributed by atoms with Crippen LogP contribution in [0.4, 0.5) is 0 Å². The van der Waals surface area contributed by atoms with Crippen LogP contribution < -0.4 is 0 Å². The van der Waals surface area contributed by atoms with Gasteiger partial charge in [-0.3, -0.25) is 19.2 Å². The molecule has 0 radical (unpaired) electrons. The molecule has 0 unspecified atom stereocenters. The highest BCUT2D eigenvalue weighted by atomic mass is 16.5. The summed E-state index contributed by atoms with van der Waals surface area (Å²) in [5.74, 6) is -1.03. The zero-order valence-electron chi connectivity index (χ0n) is 60.6. The van der Waals surface area contributed by atoms with Crippen LogP contribution in [0, 0.1) is 0 Å². The Bertz CT molecular complexity index is 2100. The van der Waals surface area contributed by atoms with E-state index in [1.54, 1.807) is 0 Å². The van der Waals surface area contributed by atoms with E-state index < -0.39 is 0 Å². The maximum atomic E-state index is 13.1. The normalized spacial score (nSPS) is 13.0. The first-order chi connectivity index (χ1) is 42.8. The SMILES string of the molecule is CC(C)=CCC/C(C)=C/CC/C(C)=C/COC(=O)CCN(CCCN(C)CCCN(CCC(=O)OC/C=C(\C)CC/C=C(\C)CCC=C(C)C)CCC(=O)OC/C=C(\C)CC/C=C(\C)CCC=C(C)C)CCC(=O)OC/C=C(\C)CC/C=C(\C)CCC=C(C)C. The summed E-state index contributed by atoms with van der Waals surface area (Å²) in [6, 6.07) is 0. The fraction of sp³-hybridized carbons (Fsp3) is 0.646. The van der Waals surface area contributed by atoms with Crippen LogP contribution in [0.5, 0.6) is 0 Å². The van der Waals surface area contributed by atoms with Crippen molar-refractivity contribution >= 4 is 23.9 Å². The predicted octanol–water partition coefficient (Wildman–Crippen LogP) is 19.7. The van der Waals surface area contributed by atoms with Crippen molar-refractivity contribution in [1.82, 2.24) is 14.7 Å². The third-order valence-electron chi connectivity index (χ3n) is 15.8. The second kappa shape index (κ2) is 55.3. The van der Waals surface area contributed by atoms with E-state index in [0.717, 1.165) is 129 Å². The molecule has 0 aromatic rings. The van der Waals surface area contributed by atoms with Gasteiger partial charge in [0, 0.05) is 26.2 Å². The van der Waals surface area contributed by atoms with Gasteiger partial charge in [-0.25, -0.2) is 0 Å². The summed E-state index contributed by atoms with van der Waals surface area (Å²) in [5.41, 5.74) is 15.8. The number of hydrogen-bond acceptors (Lipinski definition) is 11. The largest absolute Gasteiger partial charge is 0.461 e. The van der Waals surface area contributed by atoms with Crippen LogP contribution in [-0.2, 0) is 38.1 Å². The first-order valence-corrected chi connectivity index (χ1v) is 34.4. The van der Waals surface area contributed by atoms with Crippen LogP contribution >= 0.6 is 0 Å². The van der Waals surface area contributed by atoms with Gasteiger partial charge >= 0.3 is 23.9 Å². The molecule has 0 rings (SSSR count).